The van der Waals surface area contributed by atoms with Crippen LogP contribution < -0.4 is 10.5 Å². The third kappa shape index (κ3) is 5.24. The van der Waals surface area contributed by atoms with E-state index in [1.54, 1.807) is 12.1 Å². The minimum absolute atomic E-state index is 0.154. The molecule has 0 saturated heterocycles. The van der Waals surface area contributed by atoms with Gasteiger partial charge in [-0.1, -0.05) is 31.6 Å². The van der Waals surface area contributed by atoms with Crippen LogP contribution >= 0.6 is 0 Å². The van der Waals surface area contributed by atoms with E-state index in [1.807, 2.05) is 32.9 Å². The van der Waals surface area contributed by atoms with E-state index in [9.17, 15) is 9.59 Å². The van der Waals surface area contributed by atoms with E-state index >= 15 is 0 Å². The van der Waals surface area contributed by atoms with Crippen molar-refractivity contribution in [2.75, 3.05) is 13.7 Å². The Balaban J connectivity index is 2.89. The number of carbonyl (C=O) groups is 2. The zero-order chi connectivity index (χ0) is 16.7. The Morgan fingerprint density at radius 3 is 2.23 bits per heavy atom. The lowest BCUT2D eigenvalue weighted by Gasteiger charge is -2.14. The molecule has 5 heteroatoms. The molecule has 0 aliphatic heterocycles. The molecule has 0 heterocycles. The fourth-order valence-electron chi connectivity index (χ4n) is 1.91. The molecule has 1 aromatic rings. The molecule has 2 N–H and O–H groups in total. The fraction of sp³-hybridized carbons (Fsp3) is 0.412. The van der Waals surface area contributed by atoms with Gasteiger partial charge in [0, 0.05) is 12.0 Å². The molecule has 0 atom stereocenters. The van der Waals surface area contributed by atoms with E-state index in [4.69, 9.17) is 15.2 Å². The Labute approximate surface area is 131 Å². The van der Waals surface area contributed by atoms with Crippen LogP contribution in [0.3, 0.4) is 0 Å². The first-order valence-electron chi connectivity index (χ1n) is 7.13. The van der Waals surface area contributed by atoms with Gasteiger partial charge in [-0.15, -0.1) is 0 Å². The Hall–Kier alpha value is -2.30. The number of methoxy groups -OCH3 is 1. The molecule has 0 aliphatic rings. The number of benzene rings is 1. The second-order valence-electron chi connectivity index (χ2n) is 5.38. The van der Waals surface area contributed by atoms with Crippen molar-refractivity contribution in [1.82, 2.24) is 0 Å². The van der Waals surface area contributed by atoms with Crippen molar-refractivity contribution < 1.29 is 19.1 Å². The lowest BCUT2D eigenvalue weighted by atomic mass is 9.94. The zero-order valence-corrected chi connectivity index (χ0v) is 13.5. The molecule has 22 heavy (non-hydrogen) atoms. The van der Waals surface area contributed by atoms with Crippen LogP contribution in [0, 0.1) is 5.92 Å². The normalized spacial score (nSPS) is 11.9. The average Bonchev–Trinajstić information content (AvgIpc) is 2.50. The van der Waals surface area contributed by atoms with Crippen molar-refractivity contribution in [1.29, 1.82) is 0 Å². The molecule has 0 unspecified atom stereocenters. The van der Waals surface area contributed by atoms with Gasteiger partial charge in [-0.3, -0.25) is 4.79 Å². The molecule has 0 aliphatic carbocycles. The number of hydrogen-bond acceptors (Lipinski definition) is 4. The van der Waals surface area contributed by atoms with Gasteiger partial charge in [-0.2, -0.15) is 0 Å². The van der Waals surface area contributed by atoms with Crippen molar-refractivity contribution in [3.63, 3.8) is 0 Å². The topological polar surface area (TPSA) is 78.6 Å². The van der Waals surface area contributed by atoms with E-state index in [1.165, 1.54) is 7.11 Å². The molecule has 0 spiro atoms. The van der Waals surface area contributed by atoms with Crippen LogP contribution in [-0.2, 0) is 20.7 Å². The van der Waals surface area contributed by atoms with Crippen LogP contribution in [0.2, 0.25) is 0 Å². The number of amides is 1. The molecular formula is C17H23NO4. The van der Waals surface area contributed by atoms with Crippen LogP contribution in [0.15, 0.2) is 35.4 Å². The molecule has 1 aromatic carbocycles. The Bertz CT molecular complexity index is 559. The van der Waals surface area contributed by atoms with Gasteiger partial charge < -0.3 is 15.2 Å². The van der Waals surface area contributed by atoms with Gasteiger partial charge in [0.1, 0.15) is 5.75 Å². The molecule has 0 bridgehead atoms. The predicted octanol–water partition coefficient (Wildman–Crippen LogP) is 2.24. The summed E-state index contributed by atoms with van der Waals surface area (Å²) in [5, 5.41) is 0. The molecule has 0 radical (unpaired) electrons. The average molecular weight is 305 g/mol. The number of esters is 1. The van der Waals surface area contributed by atoms with Crippen LogP contribution in [-0.4, -0.2) is 25.6 Å². The highest BCUT2D eigenvalue weighted by atomic mass is 16.5. The van der Waals surface area contributed by atoms with E-state index < -0.39 is 5.91 Å². The third-order valence-corrected chi connectivity index (χ3v) is 3.46. The monoisotopic (exact) mass is 305 g/mol. The summed E-state index contributed by atoms with van der Waals surface area (Å²) in [5.74, 6) is 0.00630. The minimum atomic E-state index is -0.521. The summed E-state index contributed by atoms with van der Waals surface area (Å²) in [4.78, 5) is 22.6. The summed E-state index contributed by atoms with van der Waals surface area (Å²) in [6.07, 6.45) is 0.493. The van der Waals surface area contributed by atoms with Gasteiger partial charge in [0.25, 0.3) is 5.91 Å². The maximum atomic E-state index is 12.0. The summed E-state index contributed by atoms with van der Waals surface area (Å²) in [7, 11) is 1.39. The third-order valence-electron chi connectivity index (χ3n) is 3.46. The molecule has 120 valence electrons. The van der Waals surface area contributed by atoms with Crippen molar-refractivity contribution >= 4 is 11.9 Å². The predicted molar refractivity (Wildman–Crippen MR) is 84.4 cm³/mol. The molecule has 0 fully saturated rings. The molecule has 0 saturated carbocycles. The van der Waals surface area contributed by atoms with Crippen LogP contribution in [0.1, 0.15) is 26.3 Å². The highest BCUT2D eigenvalue weighted by Gasteiger charge is 2.16. The molecule has 5 nitrogen and oxygen atoms in total. The molecular weight excluding hydrogens is 282 g/mol. The van der Waals surface area contributed by atoms with Crippen molar-refractivity contribution in [3.05, 3.63) is 41.0 Å². The number of primary amides is 1. The van der Waals surface area contributed by atoms with Crippen molar-refractivity contribution in [2.24, 2.45) is 11.7 Å². The SMILES string of the molecule is COC(=O)/C(Cc1ccc(OCC(N)=O)cc1)=C(\C)C(C)C. The summed E-state index contributed by atoms with van der Waals surface area (Å²) < 4.78 is 10.1. The lowest BCUT2D eigenvalue weighted by molar-refractivity contribution is -0.136. The van der Waals surface area contributed by atoms with Gasteiger partial charge in [0.2, 0.25) is 0 Å². The van der Waals surface area contributed by atoms with Crippen LogP contribution in [0.4, 0.5) is 0 Å². The van der Waals surface area contributed by atoms with E-state index in [2.05, 4.69) is 0 Å². The summed E-state index contributed by atoms with van der Waals surface area (Å²) >= 11 is 0. The maximum Gasteiger partial charge on any atom is 0.334 e. The summed E-state index contributed by atoms with van der Waals surface area (Å²) in [6.45, 7) is 5.87. The Morgan fingerprint density at radius 1 is 1.18 bits per heavy atom. The van der Waals surface area contributed by atoms with Crippen LogP contribution in [0.25, 0.3) is 0 Å². The van der Waals surface area contributed by atoms with Crippen LogP contribution in [0.5, 0.6) is 5.75 Å². The first kappa shape index (κ1) is 17.8. The maximum absolute atomic E-state index is 12.0. The van der Waals surface area contributed by atoms with Gasteiger partial charge in [0.05, 0.1) is 7.11 Å². The fourth-order valence-corrected chi connectivity index (χ4v) is 1.91. The summed E-state index contributed by atoms with van der Waals surface area (Å²) in [6, 6.07) is 7.20. The minimum Gasteiger partial charge on any atom is -0.484 e. The quantitative estimate of drug-likeness (QED) is 0.619. The van der Waals surface area contributed by atoms with Gasteiger partial charge in [-0.05, 0) is 30.5 Å². The second kappa shape index (κ2) is 8.22. The van der Waals surface area contributed by atoms with E-state index in [-0.39, 0.29) is 18.5 Å². The first-order valence-corrected chi connectivity index (χ1v) is 7.13. The number of hydrogen-bond donors (Lipinski definition) is 1. The highest BCUT2D eigenvalue weighted by molar-refractivity contribution is 5.89. The van der Waals surface area contributed by atoms with Gasteiger partial charge in [0.15, 0.2) is 6.61 Å². The van der Waals surface area contributed by atoms with Crippen molar-refractivity contribution in [2.45, 2.75) is 27.2 Å². The standard InChI is InChI=1S/C17H23NO4/c1-11(2)12(3)15(17(20)21-4)9-13-5-7-14(8-6-13)22-10-16(18)19/h5-8,11H,9-10H2,1-4H3,(H2,18,19)/b15-12+. The number of carbonyl (C=O) groups excluding carboxylic acids is 2. The molecule has 1 amide bonds. The zero-order valence-electron chi connectivity index (χ0n) is 13.5. The number of allylic oxidation sites excluding steroid dienone is 1. The molecule has 0 aromatic heterocycles. The highest BCUT2D eigenvalue weighted by Crippen LogP contribution is 2.21. The number of rotatable bonds is 7. The molecule has 1 rings (SSSR count). The van der Waals surface area contributed by atoms with E-state index in [0.717, 1.165) is 11.1 Å². The summed E-state index contributed by atoms with van der Waals surface area (Å²) in [5.41, 5.74) is 7.67. The van der Waals surface area contributed by atoms with Gasteiger partial charge in [-0.25, -0.2) is 4.79 Å². The lowest BCUT2D eigenvalue weighted by Crippen LogP contribution is -2.20. The number of nitrogens with two attached hydrogens (primary N) is 1. The second-order valence-corrected chi connectivity index (χ2v) is 5.38. The van der Waals surface area contributed by atoms with Gasteiger partial charge >= 0.3 is 5.97 Å². The van der Waals surface area contributed by atoms with E-state index in [0.29, 0.717) is 17.7 Å². The van der Waals surface area contributed by atoms with Crippen molar-refractivity contribution in [3.8, 4) is 5.75 Å². The Kier molecular flexibility index (Phi) is 6.63. The smallest absolute Gasteiger partial charge is 0.334 e. The Morgan fingerprint density at radius 2 is 1.77 bits per heavy atom. The largest absolute Gasteiger partial charge is 0.484 e. The first-order chi connectivity index (χ1) is 10.3. The number of ether oxygens (including phenoxy) is 2.